The lowest BCUT2D eigenvalue weighted by atomic mass is 9.92. The van der Waals surface area contributed by atoms with E-state index in [-0.39, 0.29) is 23.9 Å². The third-order valence-electron chi connectivity index (χ3n) is 5.11. The summed E-state index contributed by atoms with van der Waals surface area (Å²) < 4.78 is 33.3. The third-order valence-corrected chi connectivity index (χ3v) is 7.02. The maximum Gasteiger partial charge on any atom is 0.307 e. The van der Waals surface area contributed by atoms with Crippen LogP contribution in [0.2, 0.25) is 0 Å². The molecule has 3 rings (SSSR count). The van der Waals surface area contributed by atoms with Crippen molar-refractivity contribution in [2.45, 2.75) is 44.6 Å². The van der Waals surface area contributed by atoms with Crippen LogP contribution in [0.3, 0.4) is 0 Å². The second-order valence-corrected chi connectivity index (χ2v) is 8.73. The molecule has 0 spiro atoms. The molecule has 0 saturated carbocycles. The molecule has 1 aliphatic heterocycles. The summed E-state index contributed by atoms with van der Waals surface area (Å²) in [5.41, 5.74) is 3.93. The normalized spacial score (nSPS) is 17.4. The van der Waals surface area contributed by atoms with Gasteiger partial charge in [0.2, 0.25) is 10.0 Å². The van der Waals surface area contributed by atoms with Gasteiger partial charge in [0.05, 0.1) is 24.0 Å². The minimum absolute atomic E-state index is 0.00886. The Kier molecular flexibility index (Phi) is 5.67. The fourth-order valence-electron chi connectivity index (χ4n) is 3.52. The molecule has 0 N–H and O–H groups in total. The second kappa shape index (κ2) is 7.82. The average molecular weight is 388 g/mol. The third kappa shape index (κ3) is 3.92. The molecule has 1 atom stereocenters. The fraction of sp³-hybridized carbons (Fsp3) is 0.381. The van der Waals surface area contributed by atoms with E-state index < -0.39 is 16.1 Å². The number of sulfonamides is 1. The summed E-state index contributed by atoms with van der Waals surface area (Å²) in [5, 5.41) is 0. The van der Waals surface area contributed by atoms with E-state index in [0.29, 0.717) is 13.0 Å². The average Bonchev–Trinajstić information content (AvgIpc) is 2.64. The molecule has 0 radical (unpaired) electrons. The van der Waals surface area contributed by atoms with E-state index in [0.717, 1.165) is 22.3 Å². The van der Waals surface area contributed by atoms with Gasteiger partial charge < -0.3 is 4.74 Å². The summed E-state index contributed by atoms with van der Waals surface area (Å²) in [7, 11) is -3.73. The highest BCUT2D eigenvalue weighted by molar-refractivity contribution is 7.89. The SMILES string of the molecule is CCOC(=O)CC1c2ccccc2CCN1S(=O)(=O)c1ccc(C)c(C)c1. The quantitative estimate of drug-likeness (QED) is 0.736. The molecule has 1 unspecified atom stereocenters. The maximum absolute atomic E-state index is 13.4. The van der Waals surface area contributed by atoms with E-state index in [1.807, 2.05) is 44.2 Å². The van der Waals surface area contributed by atoms with Gasteiger partial charge in [-0.1, -0.05) is 30.3 Å². The van der Waals surface area contributed by atoms with Crippen molar-refractivity contribution in [3.63, 3.8) is 0 Å². The number of ether oxygens (including phenoxy) is 1. The van der Waals surface area contributed by atoms with Crippen LogP contribution in [0.5, 0.6) is 0 Å². The number of fused-ring (bicyclic) bond motifs is 1. The molecule has 0 saturated heterocycles. The highest BCUT2D eigenvalue weighted by Gasteiger charge is 2.37. The van der Waals surface area contributed by atoms with Gasteiger partial charge in [0.1, 0.15) is 0 Å². The lowest BCUT2D eigenvalue weighted by molar-refractivity contribution is -0.144. The Morgan fingerprint density at radius 3 is 2.59 bits per heavy atom. The Morgan fingerprint density at radius 2 is 1.89 bits per heavy atom. The molecule has 0 fully saturated rings. The van der Waals surface area contributed by atoms with Crippen LogP contribution >= 0.6 is 0 Å². The molecule has 0 aliphatic carbocycles. The van der Waals surface area contributed by atoms with E-state index >= 15 is 0 Å². The van der Waals surface area contributed by atoms with Crippen molar-refractivity contribution in [2.24, 2.45) is 0 Å². The second-order valence-electron chi connectivity index (χ2n) is 6.84. The first-order valence-corrected chi connectivity index (χ1v) is 10.6. The Morgan fingerprint density at radius 1 is 1.15 bits per heavy atom. The van der Waals surface area contributed by atoms with Crippen LogP contribution in [-0.2, 0) is 26.0 Å². The van der Waals surface area contributed by atoms with Crippen LogP contribution in [0.1, 0.15) is 41.6 Å². The van der Waals surface area contributed by atoms with Crippen molar-refractivity contribution in [3.05, 3.63) is 64.7 Å². The van der Waals surface area contributed by atoms with Gasteiger partial charge in [-0.25, -0.2) is 8.42 Å². The van der Waals surface area contributed by atoms with Crippen molar-refractivity contribution < 1.29 is 17.9 Å². The number of nitrogens with zero attached hydrogens (tertiary/aromatic N) is 1. The standard InChI is InChI=1S/C21H25NO4S/c1-4-26-21(23)14-20-19-8-6-5-7-17(19)11-12-22(20)27(24,25)18-10-9-15(2)16(3)13-18/h5-10,13,20H,4,11-12,14H2,1-3H3. The van der Waals surface area contributed by atoms with Crippen molar-refractivity contribution in [1.82, 2.24) is 4.31 Å². The van der Waals surface area contributed by atoms with E-state index in [9.17, 15) is 13.2 Å². The van der Waals surface area contributed by atoms with Crippen molar-refractivity contribution in [1.29, 1.82) is 0 Å². The molecule has 0 bridgehead atoms. The van der Waals surface area contributed by atoms with Crippen LogP contribution in [0, 0.1) is 13.8 Å². The van der Waals surface area contributed by atoms with Gasteiger partial charge in [-0.2, -0.15) is 4.31 Å². The zero-order chi connectivity index (χ0) is 19.6. The molecule has 6 heteroatoms. The smallest absolute Gasteiger partial charge is 0.307 e. The molecular formula is C21H25NO4S. The van der Waals surface area contributed by atoms with Gasteiger partial charge in [0.25, 0.3) is 0 Å². The summed E-state index contributed by atoms with van der Waals surface area (Å²) in [6.45, 7) is 6.21. The zero-order valence-corrected chi connectivity index (χ0v) is 16.8. The van der Waals surface area contributed by atoms with E-state index in [4.69, 9.17) is 4.74 Å². The largest absolute Gasteiger partial charge is 0.466 e. The number of carbonyl (C=O) groups excluding carboxylic acids is 1. The lowest BCUT2D eigenvalue weighted by Crippen LogP contribution is -2.41. The minimum Gasteiger partial charge on any atom is -0.466 e. The Hall–Kier alpha value is -2.18. The molecular weight excluding hydrogens is 362 g/mol. The Labute approximate surface area is 161 Å². The van der Waals surface area contributed by atoms with Crippen LogP contribution in [0.4, 0.5) is 0 Å². The van der Waals surface area contributed by atoms with Gasteiger partial charge in [0.15, 0.2) is 0 Å². The first-order valence-electron chi connectivity index (χ1n) is 9.17. The zero-order valence-electron chi connectivity index (χ0n) is 15.9. The van der Waals surface area contributed by atoms with E-state index in [2.05, 4.69) is 0 Å². The molecule has 144 valence electrons. The molecule has 1 aliphatic rings. The molecule has 0 aromatic heterocycles. The van der Waals surface area contributed by atoms with Gasteiger partial charge in [-0.15, -0.1) is 0 Å². The predicted molar refractivity (Wildman–Crippen MR) is 104 cm³/mol. The van der Waals surface area contributed by atoms with Crippen molar-refractivity contribution in [2.75, 3.05) is 13.2 Å². The van der Waals surface area contributed by atoms with E-state index in [1.165, 1.54) is 4.31 Å². The lowest BCUT2D eigenvalue weighted by Gasteiger charge is -2.36. The van der Waals surface area contributed by atoms with Gasteiger partial charge in [-0.3, -0.25) is 4.79 Å². The topological polar surface area (TPSA) is 63.7 Å². The first-order chi connectivity index (χ1) is 12.8. The molecule has 2 aromatic carbocycles. The number of hydrogen-bond donors (Lipinski definition) is 0. The highest BCUT2D eigenvalue weighted by atomic mass is 32.2. The van der Waals surface area contributed by atoms with Crippen molar-refractivity contribution in [3.8, 4) is 0 Å². The van der Waals surface area contributed by atoms with Gasteiger partial charge >= 0.3 is 5.97 Å². The van der Waals surface area contributed by atoms with E-state index in [1.54, 1.807) is 19.1 Å². The van der Waals surface area contributed by atoms with Crippen molar-refractivity contribution >= 4 is 16.0 Å². The summed E-state index contributed by atoms with van der Waals surface area (Å²) in [6, 6.07) is 12.3. The number of esters is 1. The summed E-state index contributed by atoms with van der Waals surface area (Å²) in [6.07, 6.45) is 0.633. The molecule has 1 heterocycles. The number of benzene rings is 2. The summed E-state index contributed by atoms with van der Waals surface area (Å²) >= 11 is 0. The van der Waals surface area contributed by atoms with Crippen LogP contribution in [0.25, 0.3) is 0 Å². The highest BCUT2D eigenvalue weighted by Crippen LogP contribution is 2.36. The first kappa shape index (κ1) is 19.6. The number of carbonyl (C=O) groups is 1. The summed E-state index contributed by atoms with van der Waals surface area (Å²) in [5.74, 6) is -0.389. The van der Waals surface area contributed by atoms with Crippen LogP contribution < -0.4 is 0 Å². The van der Waals surface area contributed by atoms with Gasteiger partial charge in [0, 0.05) is 6.54 Å². The monoisotopic (exact) mass is 387 g/mol. The maximum atomic E-state index is 13.4. The number of aryl methyl sites for hydroxylation is 2. The molecule has 5 nitrogen and oxygen atoms in total. The summed E-state index contributed by atoms with van der Waals surface area (Å²) in [4.78, 5) is 12.4. The number of rotatable bonds is 5. The van der Waals surface area contributed by atoms with Gasteiger partial charge in [-0.05, 0) is 61.6 Å². The predicted octanol–water partition coefficient (Wildman–Crippen LogP) is 3.54. The number of hydrogen-bond acceptors (Lipinski definition) is 4. The van der Waals surface area contributed by atoms with Crippen LogP contribution in [-0.4, -0.2) is 31.8 Å². The van der Waals surface area contributed by atoms with Crippen LogP contribution in [0.15, 0.2) is 47.4 Å². The fourth-order valence-corrected chi connectivity index (χ4v) is 5.21. The Balaban J connectivity index is 2.03. The minimum atomic E-state index is -3.73. The molecule has 27 heavy (non-hydrogen) atoms. The molecule has 0 amide bonds. The molecule has 2 aromatic rings. The Bertz CT molecular complexity index is 952.